The topological polar surface area (TPSA) is 146 Å². The largest absolute Gasteiger partial charge is 0.491 e. The summed E-state index contributed by atoms with van der Waals surface area (Å²) in [5, 5.41) is 11.0. The van der Waals surface area contributed by atoms with Gasteiger partial charge in [0.2, 0.25) is 18.2 Å². The second-order valence-corrected chi connectivity index (χ2v) is 15.6. The molecule has 2 N–H and O–H groups in total. The average Bonchev–Trinajstić information content (AvgIpc) is 3.81. The fourth-order valence-corrected chi connectivity index (χ4v) is 9.15. The van der Waals surface area contributed by atoms with E-state index in [0.717, 1.165) is 73.4 Å². The smallest absolute Gasteiger partial charge is 0.262 e. The normalized spacial score (nSPS) is 26.3. The van der Waals surface area contributed by atoms with Crippen LogP contribution in [0.5, 0.6) is 5.75 Å². The first-order valence-electron chi connectivity index (χ1n) is 18.5. The predicted molar refractivity (Wildman–Crippen MR) is 187 cm³/mol. The Morgan fingerprint density at radius 3 is 2.47 bits per heavy atom. The van der Waals surface area contributed by atoms with Gasteiger partial charge in [0.05, 0.1) is 35.0 Å². The Morgan fingerprint density at radius 2 is 1.71 bits per heavy atom. The Kier molecular flexibility index (Phi) is 7.86. The monoisotopic (exact) mass is 693 g/mol. The zero-order chi connectivity index (χ0) is 34.9. The average molecular weight is 694 g/mol. The molecule has 1 unspecified atom stereocenters. The van der Waals surface area contributed by atoms with Gasteiger partial charge in [-0.25, -0.2) is 0 Å². The maximum absolute atomic E-state index is 13.4. The fourth-order valence-electron chi connectivity index (χ4n) is 9.15. The number of ether oxygens (including phenoxy) is 1. The lowest BCUT2D eigenvalue weighted by Crippen LogP contribution is -2.64. The summed E-state index contributed by atoms with van der Waals surface area (Å²) in [4.78, 5) is 67.9. The van der Waals surface area contributed by atoms with Gasteiger partial charge >= 0.3 is 0 Å². The number of fused-ring (bicyclic) bond motifs is 2. The third-order valence-electron chi connectivity index (χ3n) is 12.1. The van der Waals surface area contributed by atoms with Gasteiger partial charge in [0.25, 0.3) is 11.8 Å². The number of aromatic nitrogens is 2. The van der Waals surface area contributed by atoms with Crippen LogP contribution in [0, 0.1) is 11.3 Å². The van der Waals surface area contributed by atoms with E-state index in [0.29, 0.717) is 53.6 Å². The highest BCUT2D eigenvalue weighted by atomic mass is 16.5. The van der Waals surface area contributed by atoms with E-state index < -0.39 is 23.8 Å². The van der Waals surface area contributed by atoms with E-state index in [1.807, 2.05) is 18.2 Å². The molecule has 5 amide bonds. The van der Waals surface area contributed by atoms with E-state index in [-0.39, 0.29) is 24.2 Å². The molecule has 4 aliphatic heterocycles. The summed E-state index contributed by atoms with van der Waals surface area (Å²) in [6, 6.07) is 9.26. The number of nitrogens with zero attached hydrogens (tertiary/aromatic N) is 5. The van der Waals surface area contributed by atoms with Gasteiger partial charge in [-0.1, -0.05) is 0 Å². The van der Waals surface area contributed by atoms with Crippen molar-refractivity contribution in [2.24, 2.45) is 11.3 Å². The van der Waals surface area contributed by atoms with Gasteiger partial charge in [0, 0.05) is 60.8 Å². The van der Waals surface area contributed by atoms with Crippen LogP contribution in [-0.4, -0.2) is 94.5 Å². The number of carbonyl (C=O) groups is 5. The second kappa shape index (κ2) is 12.5. The standard InChI is InChI=1S/C38H43N7O6/c46-22-39-31-14-24-17-44(41-30(24)16-33(31)51-18-23-2-3-23)26-6-4-25(5-7-26)42-13-1-12-38(19-42)20-43(21-38)27-8-9-28-29(15-27)37(50)45(36(28)49)32-10-11-34(47)40-35(32)48/h8-9,14-17,22-23,25-26,32H,1-7,10-13,18-21H2,(H,39,46)(H,40,47,48). The first-order valence-corrected chi connectivity index (χ1v) is 18.5. The molecule has 0 radical (unpaired) electrons. The molecule has 6 aliphatic rings. The van der Waals surface area contributed by atoms with Crippen molar-refractivity contribution in [2.45, 2.75) is 82.3 Å². The van der Waals surface area contributed by atoms with Crippen LogP contribution in [0.4, 0.5) is 11.4 Å². The van der Waals surface area contributed by atoms with Gasteiger partial charge in [-0.05, 0) is 94.5 Å². The van der Waals surface area contributed by atoms with Crippen molar-refractivity contribution in [3.63, 3.8) is 0 Å². The number of piperidine rings is 2. The predicted octanol–water partition coefficient (Wildman–Crippen LogP) is 3.88. The molecule has 1 spiro atoms. The molecule has 9 rings (SSSR count). The SMILES string of the molecule is O=CNc1cc2cn(C3CCC(N4CCCC5(CN(c6ccc7c(c6)C(=O)N(C6CCC(=O)NC6=O)C7=O)C5)C4)CC3)nc2cc1OCC1CC1. The van der Waals surface area contributed by atoms with Gasteiger partial charge in [0.15, 0.2) is 0 Å². The molecule has 3 aromatic rings. The lowest BCUT2D eigenvalue weighted by atomic mass is 9.72. The number of hydrogen-bond acceptors (Lipinski definition) is 9. The molecule has 1 aromatic heterocycles. The second-order valence-electron chi connectivity index (χ2n) is 15.6. The quantitative estimate of drug-likeness (QED) is 0.252. The third-order valence-corrected chi connectivity index (χ3v) is 12.1. The van der Waals surface area contributed by atoms with Crippen molar-refractivity contribution >= 4 is 52.3 Å². The summed E-state index contributed by atoms with van der Waals surface area (Å²) in [6.45, 7) is 4.66. The molecule has 51 heavy (non-hydrogen) atoms. The summed E-state index contributed by atoms with van der Waals surface area (Å²) in [5.41, 5.74) is 3.35. The summed E-state index contributed by atoms with van der Waals surface area (Å²) in [7, 11) is 0. The summed E-state index contributed by atoms with van der Waals surface area (Å²) >= 11 is 0. The van der Waals surface area contributed by atoms with Crippen LogP contribution in [0.15, 0.2) is 36.5 Å². The molecule has 0 bridgehead atoms. The molecule has 3 saturated heterocycles. The van der Waals surface area contributed by atoms with E-state index in [9.17, 15) is 24.0 Å². The van der Waals surface area contributed by atoms with Crippen LogP contribution in [0.1, 0.15) is 91.0 Å². The molecule has 5 heterocycles. The summed E-state index contributed by atoms with van der Waals surface area (Å²) in [5.74, 6) is -0.623. The van der Waals surface area contributed by atoms with Crippen molar-refractivity contribution in [3.8, 4) is 5.75 Å². The van der Waals surface area contributed by atoms with Crippen molar-refractivity contribution in [3.05, 3.63) is 47.7 Å². The number of likely N-dealkylation sites (tertiary alicyclic amines) is 1. The molecule has 2 saturated carbocycles. The number of benzene rings is 2. The van der Waals surface area contributed by atoms with Crippen LogP contribution in [0.2, 0.25) is 0 Å². The number of imide groups is 2. The van der Waals surface area contributed by atoms with Gasteiger partial charge in [0.1, 0.15) is 11.8 Å². The molecule has 5 fully saturated rings. The number of carbonyl (C=O) groups excluding carboxylic acids is 5. The fraction of sp³-hybridized carbons (Fsp3) is 0.526. The zero-order valence-corrected chi connectivity index (χ0v) is 28.6. The zero-order valence-electron chi connectivity index (χ0n) is 28.6. The minimum Gasteiger partial charge on any atom is -0.491 e. The third kappa shape index (κ3) is 5.84. The van der Waals surface area contributed by atoms with Crippen molar-refractivity contribution in [1.29, 1.82) is 0 Å². The maximum atomic E-state index is 13.4. The van der Waals surface area contributed by atoms with E-state index in [4.69, 9.17) is 9.84 Å². The number of amides is 5. The van der Waals surface area contributed by atoms with Gasteiger partial charge < -0.3 is 15.0 Å². The molecule has 2 aliphatic carbocycles. The highest BCUT2D eigenvalue weighted by Crippen LogP contribution is 2.44. The van der Waals surface area contributed by atoms with Crippen molar-refractivity contribution < 1.29 is 28.7 Å². The first kappa shape index (κ1) is 32.1. The Bertz CT molecular complexity index is 1940. The van der Waals surface area contributed by atoms with Crippen molar-refractivity contribution in [2.75, 3.05) is 43.0 Å². The maximum Gasteiger partial charge on any atom is 0.262 e. The Hall–Kier alpha value is -4.78. The van der Waals surface area contributed by atoms with Crippen LogP contribution in [-0.2, 0) is 14.4 Å². The first-order chi connectivity index (χ1) is 24.8. The van der Waals surface area contributed by atoms with Gasteiger partial charge in [-0.3, -0.25) is 43.8 Å². The minimum absolute atomic E-state index is 0.102. The van der Waals surface area contributed by atoms with E-state index in [1.165, 1.54) is 25.7 Å². The molecule has 13 heteroatoms. The molecule has 1 atom stereocenters. The number of nitrogens with one attached hydrogen (secondary N) is 2. The van der Waals surface area contributed by atoms with Crippen LogP contribution in [0.3, 0.4) is 0 Å². The Morgan fingerprint density at radius 1 is 0.922 bits per heavy atom. The lowest BCUT2D eigenvalue weighted by molar-refractivity contribution is -0.136. The molecule has 2 aromatic carbocycles. The number of anilines is 2. The lowest BCUT2D eigenvalue weighted by Gasteiger charge is -2.57. The van der Waals surface area contributed by atoms with Gasteiger partial charge in [-0.2, -0.15) is 5.10 Å². The molecule has 266 valence electrons. The van der Waals surface area contributed by atoms with Crippen LogP contribution < -0.4 is 20.3 Å². The van der Waals surface area contributed by atoms with Crippen LogP contribution in [0.25, 0.3) is 10.9 Å². The summed E-state index contributed by atoms with van der Waals surface area (Å²) in [6.07, 6.45) is 12.2. The van der Waals surface area contributed by atoms with Crippen LogP contribution >= 0.6 is 0 Å². The summed E-state index contributed by atoms with van der Waals surface area (Å²) < 4.78 is 8.17. The van der Waals surface area contributed by atoms with E-state index in [1.54, 1.807) is 12.1 Å². The highest BCUT2D eigenvalue weighted by molar-refractivity contribution is 6.23. The molecular weight excluding hydrogens is 650 g/mol. The van der Waals surface area contributed by atoms with E-state index in [2.05, 4.69) is 31.3 Å². The highest BCUT2D eigenvalue weighted by Gasteiger charge is 2.49. The molecular formula is C38H43N7O6. The Labute approximate surface area is 295 Å². The number of hydrogen-bond donors (Lipinski definition) is 2. The molecule has 13 nitrogen and oxygen atoms in total. The Balaban J connectivity index is 0.815. The van der Waals surface area contributed by atoms with Gasteiger partial charge in [-0.15, -0.1) is 0 Å². The minimum atomic E-state index is -0.960. The number of rotatable bonds is 9. The van der Waals surface area contributed by atoms with E-state index >= 15 is 0 Å². The van der Waals surface area contributed by atoms with Crippen molar-refractivity contribution in [1.82, 2.24) is 24.9 Å².